The molecule has 1 aromatic rings. The van der Waals surface area contributed by atoms with Crippen LogP contribution in [0.1, 0.15) is 5.56 Å². The molecule has 0 aliphatic rings. The number of nitrogens with one attached hydrogen (secondary N) is 2. The lowest BCUT2D eigenvalue weighted by Gasteiger charge is -2.10. The molecule has 6 heteroatoms. The molecular weight excluding hydrogens is 228 g/mol. The Bertz CT molecular complexity index is 457. The van der Waals surface area contributed by atoms with Crippen LogP contribution in [0.5, 0.6) is 5.75 Å². The first-order valence-electron chi connectivity index (χ1n) is 4.80. The summed E-state index contributed by atoms with van der Waals surface area (Å²) in [6.07, 6.45) is 0. The van der Waals surface area contributed by atoms with Crippen LogP contribution < -0.4 is 14.8 Å². The van der Waals surface area contributed by atoms with Gasteiger partial charge in [0.25, 0.3) is 0 Å². The van der Waals surface area contributed by atoms with Gasteiger partial charge in [0.2, 0.25) is 10.0 Å². The van der Waals surface area contributed by atoms with Crippen molar-refractivity contribution in [3.63, 3.8) is 0 Å². The molecule has 0 heterocycles. The summed E-state index contributed by atoms with van der Waals surface area (Å²) < 4.78 is 30.8. The largest absolute Gasteiger partial charge is 0.495 e. The van der Waals surface area contributed by atoms with Gasteiger partial charge in [0.15, 0.2) is 0 Å². The summed E-state index contributed by atoms with van der Waals surface area (Å²) in [7, 11) is 1.14. The van der Waals surface area contributed by atoms with Crippen molar-refractivity contribution in [2.24, 2.45) is 0 Å². The van der Waals surface area contributed by atoms with Gasteiger partial charge in [0, 0.05) is 6.54 Å². The molecule has 0 atom stereocenters. The predicted molar refractivity (Wildman–Crippen MR) is 62.0 cm³/mol. The number of methoxy groups -OCH3 is 1. The van der Waals surface area contributed by atoms with Gasteiger partial charge < -0.3 is 10.1 Å². The Balaban J connectivity index is 3.28. The Morgan fingerprint density at radius 2 is 2.00 bits per heavy atom. The maximum absolute atomic E-state index is 11.7. The molecule has 5 nitrogen and oxygen atoms in total. The average Bonchev–Trinajstić information content (AvgIpc) is 2.29. The standard InChI is InChI=1S/C10H16N2O3S/c1-11-7-8-4-5-9(15-3)10(6-8)16(13,14)12-2/h4-6,11-12H,7H2,1-3H3. The summed E-state index contributed by atoms with van der Waals surface area (Å²) in [5, 5.41) is 2.96. The molecule has 1 rings (SSSR count). The maximum atomic E-state index is 11.7. The fourth-order valence-electron chi connectivity index (χ4n) is 1.36. The second-order valence-electron chi connectivity index (χ2n) is 3.22. The minimum absolute atomic E-state index is 0.158. The van der Waals surface area contributed by atoms with Gasteiger partial charge in [-0.25, -0.2) is 13.1 Å². The van der Waals surface area contributed by atoms with E-state index in [-0.39, 0.29) is 4.90 Å². The summed E-state index contributed by atoms with van der Waals surface area (Å²) in [6, 6.07) is 5.07. The zero-order valence-corrected chi connectivity index (χ0v) is 10.4. The lowest BCUT2D eigenvalue weighted by atomic mass is 10.2. The van der Waals surface area contributed by atoms with Crippen molar-refractivity contribution >= 4 is 10.0 Å². The third kappa shape index (κ3) is 2.72. The Hall–Kier alpha value is -1.11. The number of benzene rings is 1. The number of rotatable bonds is 5. The highest BCUT2D eigenvalue weighted by atomic mass is 32.2. The molecule has 0 fully saturated rings. The number of sulfonamides is 1. The van der Waals surface area contributed by atoms with Crippen LogP contribution in [0.25, 0.3) is 0 Å². The minimum atomic E-state index is -3.48. The van der Waals surface area contributed by atoms with Gasteiger partial charge in [-0.1, -0.05) is 6.07 Å². The summed E-state index contributed by atoms with van der Waals surface area (Å²) in [6.45, 7) is 0.607. The third-order valence-electron chi connectivity index (χ3n) is 2.17. The van der Waals surface area contributed by atoms with E-state index in [1.807, 2.05) is 6.07 Å². The molecule has 0 aliphatic heterocycles. The summed E-state index contributed by atoms with van der Waals surface area (Å²) in [5.74, 6) is 0.342. The maximum Gasteiger partial charge on any atom is 0.244 e. The summed E-state index contributed by atoms with van der Waals surface area (Å²) in [4.78, 5) is 0.158. The number of hydrogen-bond acceptors (Lipinski definition) is 4. The van der Waals surface area contributed by atoms with Crippen LogP contribution in [-0.4, -0.2) is 29.6 Å². The van der Waals surface area contributed by atoms with Crippen LogP contribution in [0.3, 0.4) is 0 Å². The van der Waals surface area contributed by atoms with E-state index in [1.165, 1.54) is 14.2 Å². The van der Waals surface area contributed by atoms with Gasteiger partial charge in [-0.05, 0) is 31.8 Å². The molecule has 0 bridgehead atoms. The van der Waals surface area contributed by atoms with E-state index in [9.17, 15) is 8.42 Å². The van der Waals surface area contributed by atoms with Gasteiger partial charge in [-0.3, -0.25) is 0 Å². The van der Waals surface area contributed by atoms with Crippen molar-refractivity contribution in [2.45, 2.75) is 11.4 Å². The van der Waals surface area contributed by atoms with E-state index >= 15 is 0 Å². The van der Waals surface area contributed by atoms with E-state index in [2.05, 4.69) is 10.0 Å². The first-order chi connectivity index (χ1) is 7.55. The Morgan fingerprint density at radius 3 is 2.50 bits per heavy atom. The van der Waals surface area contributed by atoms with Crippen LogP contribution in [0.15, 0.2) is 23.1 Å². The SMILES string of the molecule is CNCc1ccc(OC)c(S(=O)(=O)NC)c1. The quantitative estimate of drug-likeness (QED) is 0.783. The van der Waals surface area contributed by atoms with Gasteiger partial charge >= 0.3 is 0 Å². The van der Waals surface area contributed by atoms with Gasteiger partial charge in [-0.15, -0.1) is 0 Å². The van der Waals surface area contributed by atoms with Crippen LogP contribution in [0.4, 0.5) is 0 Å². The highest BCUT2D eigenvalue weighted by molar-refractivity contribution is 7.89. The van der Waals surface area contributed by atoms with E-state index < -0.39 is 10.0 Å². The van der Waals surface area contributed by atoms with Crippen LogP contribution in [-0.2, 0) is 16.6 Å². The highest BCUT2D eigenvalue weighted by Crippen LogP contribution is 2.24. The van der Waals surface area contributed by atoms with E-state index in [4.69, 9.17) is 4.74 Å². The van der Waals surface area contributed by atoms with Crippen molar-refractivity contribution in [1.29, 1.82) is 0 Å². The van der Waals surface area contributed by atoms with Crippen LogP contribution in [0.2, 0.25) is 0 Å². The molecule has 0 saturated heterocycles. The Labute approximate surface area is 95.9 Å². The molecule has 0 spiro atoms. The molecule has 0 unspecified atom stereocenters. The number of ether oxygens (including phenoxy) is 1. The zero-order valence-electron chi connectivity index (χ0n) is 9.57. The van der Waals surface area contributed by atoms with Crippen molar-refractivity contribution in [3.05, 3.63) is 23.8 Å². The molecule has 0 amide bonds. The molecule has 0 radical (unpaired) electrons. The summed E-state index contributed by atoms with van der Waals surface area (Å²) in [5.41, 5.74) is 0.886. The fourth-order valence-corrected chi connectivity index (χ4v) is 2.30. The zero-order chi connectivity index (χ0) is 12.2. The molecule has 90 valence electrons. The van der Waals surface area contributed by atoms with Gasteiger partial charge in [0.1, 0.15) is 10.6 Å². The van der Waals surface area contributed by atoms with Crippen molar-refractivity contribution in [3.8, 4) is 5.75 Å². The van der Waals surface area contributed by atoms with E-state index in [1.54, 1.807) is 19.2 Å². The van der Waals surface area contributed by atoms with Crippen molar-refractivity contribution in [2.75, 3.05) is 21.2 Å². The summed E-state index contributed by atoms with van der Waals surface area (Å²) >= 11 is 0. The first-order valence-corrected chi connectivity index (χ1v) is 6.28. The second-order valence-corrected chi connectivity index (χ2v) is 5.08. The number of hydrogen-bond donors (Lipinski definition) is 2. The van der Waals surface area contributed by atoms with Crippen LogP contribution >= 0.6 is 0 Å². The fraction of sp³-hybridized carbons (Fsp3) is 0.400. The molecule has 16 heavy (non-hydrogen) atoms. The predicted octanol–water partition coefficient (Wildman–Crippen LogP) is 0.323. The molecule has 0 aliphatic carbocycles. The average molecular weight is 244 g/mol. The van der Waals surface area contributed by atoms with Crippen molar-refractivity contribution < 1.29 is 13.2 Å². The molecule has 0 aromatic heterocycles. The normalized spacial score (nSPS) is 11.4. The molecular formula is C10H16N2O3S. The monoisotopic (exact) mass is 244 g/mol. The van der Waals surface area contributed by atoms with Crippen LogP contribution in [0, 0.1) is 0 Å². The Kier molecular flexibility index (Phi) is 4.28. The van der Waals surface area contributed by atoms with Gasteiger partial charge in [0.05, 0.1) is 7.11 Å². The Morgan fingerprint density at radius 1 is 1.31 bits per heavy atom. The molecule has 2 N–H and O–H groups in total. The highest BCUT2D eigenvalue weighted by Gasteiger charge is 2.17. The van der Waals surface area contributed by atoms with E-state index in [0.717, 1.165) is 5.56 Å². The lowest BCUT2D eigenvalue weighted by molar-refractivity contribution is 0.402. The smallest absolute Gasteiger partial charge is 0.244 e. The topological polar surface area (TPSA) is 67.4 Å². The minimum Gasteiger partial charge on any atom is -0.495 e. The lowest BCUT2D eigenvalue weighted by Crippen LogP contribution is -2.20. The second kappa shape index (κ2) is 5.29. The third-order valence-corrected chi connectivity index (χ3v) is 3.60. The van der Waals surface area contributed by atoms with Crippen molar-refractivity contribution in [1.82, 2.24) is 10.0 Å². The molecule has 0 saturated carbocycles. The first kappa shape index (κ1) is 13.0. The molecule has 1 aromatic carbocycles. The van der Waals surface area contributed by atoms with E-state index in [0.29, 0.717) is 12.3 Å². The van der Waals surface area contributed by atoms with Gasteiger partial charge in [-0.2, -0.15) is 0 Å².